The zero-order valence-electron chi connectivity index (χ0n) is 11.1. The zero-order valence-corrected chi connectivity index (χ0v) is 11.1. The van der Waals surface area contributed by atoms with Gasteiger partial charge in [-0.15, -0.1) is 0 Å². The van der Waals surface area contributed by atoms with Crippen LogP contribution in [0.5, 0.6) is 5.75 Å². The molecule has 0 aromatic heterocycles. The molecule has 94 valence electrons. The number of benzene rings is 1. The molecule has 0 bridgehead atoms. The molecule has 5 atom stereocenters. The van der Waals surface area contributed by atoms with E-state index in [1.165, 1.54) is 0 Å². The van der Waals surface area contributed by atoms with Crippen LogP contribution in [-0.4, -0.2) is 12.4 Å². The van der Waals surface area contributed by atoms with E-state index in [0.29, 0.717) is 17.8 Å². The van der Waals surface area contributed by atoms with Gasteiger partial charge in [-0.3, -0.25) is 0 Å². The minimum absolute atomic E-state index is 0.126. The predicted octanol–water partition coefficient (Wildman–Crippen LogP) is 3.72. The van der Waals surface area contributed by atoms with Crippen LogP contribution in [0.15, 0.2) is 30.3 Å². The molecule has 0 spiro atoms. The molecule has 1 fully saturated rings. The van der Waals surface area contributed by atoms with Gasteiger partial charge in [0.1, 0.15) is 5.75 Å². The molecule has 1 saturated heterocycles. The third-order valence-corrected chi connectivity index (χ3v) is 4.17. The SMILES string of the molecule is CC1OC(Oc2ccccc2)C(C)C(C)C1C. The molecule has 17 heavy (non-hydrogen) atoms. The van der Waals surface area contributed by atoms with E-state index in [-0.39, 0.29) is 12.4 Å². The zero-order chi connectivity index (χ0) is 12.4. The van der Waals surface area contributed by atoms with Crippen molar-refractivity contribution in [3.05, 3.63) is 30.3 Å². The second kappa shape index (κ2) is 5.09. The van der Waals surface area contributed by atoms with Crippen molar-refractivity contribution in [1.82, 2.24) is 0 Å². The second-order valence-electron chi connectivity index (χ2n) is 5.22. The summed E-state index contributed by atoms with van der Waals surface area (Å²) < 4.78 is 11.9. The summed E-state index contributed by atoms with van der Waals surface area (Å²) in [6.45, 7) is 8.88. The van der Waals surface area contributed by atoms with Crippen molar-refractivity contribution in [2.45, 2.75) is 40.1 Å². The van der Waals surface area contributed by atoms with Gasteiger partial charge in [0.15, 0.2) is 0 Å². The maximum atomic E-state index is 5.96. The average Bonchev–Trinajstić information content (AvgIpc) is 2.35. The van der Waals surface area contributed by atoms with Crippen molar-refractivity contribution < 1.29 is 9.47 Å². The second-order valence-corrected chi connectivity index (χ2v) is 5.22. The Morgan fingerprint density at radius 1 is 0.882 bits per heavy atom. The molecule has 0 aliphatic carbocycles. The van der Waals surface area contributed by atoms with Crippen LogP contribution in [0.25, 0.3) is 0 Å². The Morgan fingerprint density at radius 2 is 1.53 bits per heavy atom. The first-order chi connectivity index (χ1) is 8.09. The molecule has 0 amide bonds. The normalized spacial score (nSPS) is 37.8. The molecule has 0 N–H and O–H groups in total. The number of rotatable bonds is 2. The van der Waals surface area contributed by atoms with E-state index in [2.05, 4.69) is 27.7 Å². The first-order valence-corrected chi connectivity index (χ1v) is 6.46. The number of para-hydroxylation sites is 1. The average molecular weight is 234 g/mol. The minimum Gasteiger partial charge on any atom is -0.465 e. The lowest BCUT2D eigenvalue weighted by Crippen LogP contribution is -2.46. The highest BCUT2D eigenvalue weighted by atomic mass is 16.7. The molecular formula is C15H22O2. The first kappa shape index (κ1) is 12.4. The lowest BCUT2D eigenvalue weighted by Gasteiger charge is -2.42. The van der Waals surface area contributed by atoms with Gasteiger partial charge in [0.05, 0.1) is 6.10 Å². The molecule has 2 heteroatoms. The van der Waals surface area contributed by atoms with Crippen LogP contribution < -0.4 is 4.74 Å². The third kappa shape index (κ3) is 2.63. The van der Waals surface area contributed by atoms with Crippen LogP contribution in [0.1, 0.15) is 27.7 Å². The third-order valence-electron chi connectivity index (χ3n) is 4.17. The van der Waals surface area contributed by atoms with Gasteiger partial charge in [-0.25, -0.2) is 0 Å². The summed E-state index contributed by atoms with van der Waals surface area (Å²) in [6.07, 6.45) is 0.133. The highest BCUT2D eigenvalue weighted by molar-refractivity contribution is 5.21. The van der Waals surface area contributed by atoms with Gasteiger partial charge in [-0.05, 0) is 30.9 Å². The van der Waals surface area contributed by atoms with Crippen molar-refractivity contribution in [3.63, 3.8) is 0 Å². The molecule has 2 rings (SSSR count). The molecule has 2 nitrogen and oxygen atoms in total. The molecule has 0 saturated carbocycles. The smallest absolute Gasteiger partial charge is 0.202 e. The summed E-state index contributed by atoms with van der Waals surface area (Å²) in [4.78, 5) is 0. The van der Waals surface area contributed by atoms with Gasteiger partial charge in [0.25, 0.3) is 0 Å². The van der Waals surface area contributed by atoms with Crippen molar-refractivity contribution in [3.8, 4) is 5.75 Å². The lowest BCUT2D eigenvalue weighted by atomic mass is 9.79. The standard InChI is InChI=1S/C15H22O2/c1-10-11(2)13(4)16-15(12(10)3)17-14-8-6-5-7-9-14/h5-13,15H,1-4H3. The topological polar surface area (TPSA) is 18.5 Å². The number of hydrogen-bond donors (Lipinski definition) is 0. The van der Waals surface area contributed by atoms with E-state index in [4.69, 9.17) is 9.47 Å². The largest absolute Gasteiger partial charge is 0.465 e. The first-order valence-electron chi connectivity index (χ1n) is 6.46. The summed E-state index contributed by atoms with van der Waals surface area (Å²) in [5.74, 6) is 2.51. The van der Waals surface area contributed by atoms with Crippen LogP contribution in [-0.2, 0) is 4.74 Å². The van der Waals surface area contributed by atoms with E-state index >= 15 is 0 Å². The van der Waals surface area contributed by atoms with Crippen LogP contribution in [0.3, 0.4) is 0 Å². The van der Waals surface area contributed by atoms with E-state index < -0.39 is 0 Å². The van der Waals surface area contributed by atoms with E-state index in [9.17, 15) is 0 Å². The van der Waals surface area contributed by atoms with Crippen LogP contribution >= 0.6 is 0 Å². The van der Waals surface area contributed by atoms with E-state index in [0.717, 1.165) is 5.75 Å². The van der Waals surface area contributed by atoms with Crippen molar-refractivity contribution in [1.29, 1.82) is 0 Å². The van der Waals surface area contributed by atoms with Gasteiger partial charge in [0.2, 0.25) is 6.29 Å². The molecule has 1 aromatic carbocycles. The van der Waals surface area contributed by atoms with Gasteiger partial charge in [-0.1, -0.05) is 39.0 Å². The summed E-state index contributed by atoms with van der Waals surface area (Å²) in [5.41, 5.74) is 0. The molecule has 1 aliphatic heterocycles. The molecular weight excluding hydrogens is 212 g/mol. The minimum atomic E-state index is -0.126. The predicted molar refractivity (Wildman–Crippen MR) is 68.9 cm³/mol. The monoisotopic (exact) mass is 234 g/mol. The summed E-state index contributed by atoms with van der Waals surface area (Å²) in [7, 11) is 0. The van der Waals surface area contributed by atoms with E-state index in [1.807, 2.05) is 30.3 Å². The van der Waals surface area contributed by atoms with Crippen LogP contribution in [0.2, 0.25) is 0 Å². The Hall–Kier alpha value is -1.02. The highest BCUT2D eigenvalue weighted by Crippen LogP contribution is 2.35. The fourth-order valence-electron chi connectivity index (χ4n) is 2.38. The Balaban J connectivity index is 2.06. The molecule has 1 aliphatic rings. The van der Waals surface area contributed by atoms with Gasteiger partial charge >= 0.3 is 0 Å². The quantitative estimate of drug-likeness (QED) is 0.776. The van der Waals surface area contributed by atoms with E-state index in [1.54, 1.807) is 0 Å². The fourth-order valence-corrected chi connectivity index (χ4v) is 2.38. The van der Waals surface area contributed by atoms with Crippen molar-refractivity contribution >= 4 is 0 Å². The summed E-state index contributed by atoms with van der Waals surface area (Å²) in [5, 5.41) is 0. The Kier molecular flexibility index (Phi) is 3.72. The molecule has 1 heterocycles. The highest BCUT2D eigenvalue weighted by Gasteiger charge is 2.38. The fraction of sp³-hybridized carbons (Fsp3) is 0.600. The van der Waals surface area contributed by atoms with Gasteiger partial charge in [0, 0.05) is 5.92 Å². The lowest BCUT2D eigenvalue weighted by molar-refractivity contribution is -0.205. The maximum Gasteiger partial charge on any atom is 0.202 e. The Morgan fingerprint density at radius 3 is 2.18 bits per heavy atom. The number of hydrogen-bond acceptors (Lipinski definition) is 2. The maximum absolute atomic E-state index is 5.96. The Bertz CT molecular complexity index is 349. The molecule has 0 radical (unpaired) electrons. The van der Waals surface area contributed by atoms with Crippen molar-refractivity contribution in [2.24, 2.45) is 17.8 Å². The number of ether oxygens (including phenoxy) is 2. The molecule has 1 aromatic rings. The van der Waals surface area contributed by atoms with Crippen LogP contribution in [0, 0.1) is 17.8 Å². The van der Waals surface area contributed by atoms with Gasteiger partial charge in [-0.2, -0.15) is 0 Å². The molecule has 5 unspecified atom stereocenters. The van der Waals surface area contributed by atoms with Gasteiger partial charge < -0.3 is 9.47 Å². The van der Waals surface area contributed by atoms with Crippen molar-refractivity contribution in [2.75, 3.05) is 0 Å². The van der Waals surface area contributed by atoms with Crippen LogP contribution in [0.4, 0.5) is 0 Å². The summed E-state index contributed by atoms with van der Waals surface area (Å²) in [6, 6.07) is 9.91. The Labute approximate surface area is 104 Å². The summed E-state index contributed by atoms with van der Waals surface area (Å²) >= 11 is 0.